The minimum absolute atomic E-state index is 0.0536. The van der Waals surface area contributed by atoms with Crippen LogP contribution in [-0.4, -0.2) is 29.7 Å². The molecular formula is C25H21ClN2O4. The SMILES string of the molecule is COc1cccc(C(NC(=O)COc2ccccc2)c2cc(Cl)c3cccnc3c2O)c1. The third-order valence-corrected chi connectivity index (χ3v) is 5.31. The molecule has 32 heavy (non-hydrogen) atoms. The van der Waals surface area contributed by atoms with Gasteiger partial charge in [-0.1, -0.05) is 41.9 Å². The van der Waals surface area contributed by atoms with E-state index in [1.54, 1.807) is 55.8 Å². The first-order valence-corrected chi connectivity index (χ1v) is 10.3. The van der Waals surface area contributed by atoms with Crippen molar-refractivity contribution in [2.75, 3.05) is 13.7 Å². The van der Waals surface area contributed by atoms with E-state index in [1.165, 1.54) is 0 Å². The lowest BCUT2D eigenvalue weighted by molar-refractivity contribution is -0.123. The summed E-state index contributed by atoms with van der Waals surface area (Å²) in [6.45, 7) is -0.190. The lowest BCUT2D eigenvalue weighted by atomic mass is 9.96. The van der Waals surface area contributed by atoms with E-state index >= 15 is 0 Å². The van der Waals surface area contributed by atoms with Gasteiger partial charge in [-0.05, 0) is 48.0 Å². The highest BCUT2D eigenvalue weighted by atomic mass is 35.5. The van der Waals surface area contributed by atoms with Crippen molar-refractivity contribution in [1.29, 1.82) is 0 Å². The molecule has 0 radical (unpaired) electrons. The number of ether oxygens (including phenoxy) is 2. The van der Waals surface area contributed by atoms with Gasteiger partial charge >= 0.3 is 0 Å². The highest BCUT2D eigenvalue weighted by Gasteiger charge is 2.24. The van der Waals surface area contributed by atoms with E-state index < -0.39 is 6.04 Å². The maximum Gasteiger partial charge on any atom is 0.258 e. The van der Waals surface area contributed by atoms with Crippen molar-refractivity contribution >= 4 is 28.4 Å². The highest BCUT2D eigenvalue weighted by molar-refractivity contribution is 6.35. The number of nitrogens with one attached hydrogen (secondary N) is 1. The second kappa shape index (κ2) is 9.58. The zero-order valence-electron chi connectivity index (χ0n) is 17.3. The molecular weight excluding hydrogens is 428 g/mol. The number of phenolic OH excluding ortho intramolecular Hbond substituents is 1. The number of aromatic nitrogens is 1. The summed E-state index contributed by atoms with van der Waals surface area (Å²) in [6.07, 6.45) is 1.58. The predicted molar refractivity (Wildman–Crippen MR) is 123 cm³/mol. The highest BCUT2D eigenvalue weighted by Crippen LogP contribution is 2.38. The van der Waals surface area contributed by atoms with Gasteiger partial charge in [0.1, 0.15) is 22.8 Å². The maximum absolute atomic E-state index is 12.8. The van der Waals surface area contributed by atoms with Crippen LogP contribution in [0.4, 0.5) is 0 Å². The maximum atomic E-state index is 12.8. The summed E-state index contributed by atoms with van der Waals surface area (Å²) in [5.74, 6) is 0.786. The second-order valence-electron chi connectivity index (χ2n) is 7.07. The van der Waals surface area contributed by atoms with Gasteiger partial charge in [0.15, 0.2) is 6.61 Å². The Bertz CT molecular complexity index is 1250. The van der Waals surface area contributed by atoms with Crippen molar-refractivity contribution in [2.45, 2.75) is 6.04 Å². The number of hydrogen-bond donors (Lipinski definition) is 2. The van der Waals surface area contributed by atoms with E-state index in [1.807, 2.05) is 30.3 Å². The molecule has 1 heterocycles. The van der Waals surface area contributed by atoms with Crippen molar-refractivity contribution in [3.63, 3.8) is 0 Å². The Hall–Kier alpha value is -3.77. The van der Waals surface area contributed by atoms with Crippen molar-refractivity contribution in [2.24, 2.45) is 0 Å². The minimum atomic E-state index is -0.708. The molecule has 0 fully saturated rings. The van der Waals surface area contributed by atoms with Crippen molar-refractivity contribution in [1.82, 2.24) is 10.3 Å². The van der Waals surface area contributed by atoms with Crippen LogP contribution < -0.4 is 14.8 Å². The number of rotatable bonds is 7. The average Bonchev–Trinajstić information content (AvgIpc) is 2.84. The van der Waals surface area contributed by atoms with Gasteiger partial charge in [0.05, 0.1) is 18.2 Å². The van der Waals surface area contributed by atoms with Gasteiger partial charge in [-0.3, -0.25) is 9.78 Å². The number of amides is 1. The summed E-state index contributed by atoms with van der Waals surface area (Å²) in [7, 11) is 1.56. The third kappa shape index (κ3) is 4.60. The number of pyridine rings is 1. The number of halogens is 1. The minimum Gasteiger partial charge on any atom is -0.505 e. The average molecular weight is 449 g/mol. The fraction of sp³-hybridized carbons (Fsp3) is 0.120. The number of fused-ring (bicyclic) bond motifs is 1. The quantitative estimate of drug-likeness (QED) is 0.421. The molecule has 162 valence electrons. The normalized spacial score (nSPS) is 11.7. The van der Waals surface area contributed by atoms with E-state index in [0.29, 0.717) is 38.6 Å². The van der Waals surface area contributed by atoms with Crippen molar-refractivity contribution < 1.29 is 19.4 Å². The first-order chi connectivity index (χ1) is 15.6. The number of methoxy groups -OCH3 is 1. The first-order valence-electron chi connectivity index (χ1n) is 9.94. The molecule has 7 heteroatoms. The van der Waals surface area contributed by atoms with Gasteiger partial charge in [0, 0.05) is 17.1 Å². The largest absolute Gasteiger partial charge is 0.505 e. The molecule has 6 nitrogen and oxygen atoms in total. The summed E-state index contributed by atoms with van der Waals surface area (Å²) >= 11 is 6.49. The summed E-state index contributed by atoms with van der Waals surface area (Å²) < 4.78 is 10.9. The Labute approximate surface area is 190 Å². The van der Waals surface area contributed by atoms with Crippen LogP contribution in [0, 0.1) is 0 Å². The Morgan fingerprint density at radius 3 is 2.62 bits per heavy atom. The van der Waals surface area contributed by atoms with Gasteiger partial charge in [0.2, 0.25) is 0 Å². The number of hydrogen-bond acceptors (Lipinski definition) is 5. The van der Waals surface area contributed by atoms with Gasteiger partial charge in [-0.15, -0.1) is 0 Å². The number of benzene rings is 3. The topological polar surface area (TPSA) is 80.7 Å². The Morgan fingerprint density at radius 1 is 1.06 bits per heavy atom. The summed E-state index contributed by atoms with van der Waals surface area (Å²) in [5, 5.41) is 15.0. The molecule has 3 aromatic carbocycles. The standard InChI is InChI=1S/C25H21ClN2O4/c1-31-18-10-5-7-16(13-18)23(28-22(29)15-32-17-8-3-2-4-9-17)20-14-21(26)19-11-6-12-27-24(19)25(20)30/h2-14,23,30H,15H2,1H3,(H,28,29). The number of para-hydroxylation sites is 1. The van der Waals surface area contributed by atoms with Crippen LogP contribution in [0.1, 0.15) is 17.2 Å². The molecule has 0 bridgehead atoms. The predicted octanol–water partition coefficient (Wildman–Crippen LogP) is 4.89. The van der Waals surface area contributed by atoms with E-state index in [0.717, 1.165) is 0 Å². The van der Waals surface area contributed by atoms with Crippen LogP contribution in [-0.2, 0) is 4.79 Å². The van der Waals surface area contributed by atoms with E-state index in [4.69, 9.17) is 21.1 Å². The Kier molecular flexibility index (Phi) is 6.42. The van der Waals surface area contributed by atoms with Crippen molar-refractivity contribution in [3.8, 4) is 17.2 Å². The molecule has 0 aliphatic heterocycles. The molecule has 0 saturated heterocycles. The van der Waals surface area contributed by atoms with Crippen LogP contribution in [0.15, 0.2) is 79.0 Å². The third-order valence-electron chi connectivity index (χ3n) is 5.00. The molecule has 4 rings (SSSR count). The molecule has 4 aromatic rings. The van der Waals surface area contributed by atoms with Crippen LogP contribution in [0.25, 0.3) is 10.9 Å². The molecule has 0 saturated carbocycles. The van der Waals surface area contributed by atoms with E-state index in [9.17, 15) is 9.90 Å². The van der Waals surface area contributed by atoms with Gasteiger partial charge in [-0.25, -0.2) is 0 Å². The smallest absolute Gasteiger partial charge is 0.258 e. The second-order valence-corrected chi connectivity index (χ2v) is 7.48. The number of nitrogens with zero attached hydrogens (tertiary/aromatic N) is 1. The number of carbonyl (C=O) groups excluding carboxylic acids is 1. The zero-order chi connectivity index (χ0) is 22.5. The molecule has 1 atom stereocenters. The number of carbonyl (C=O) groups is 1. The van der Waals surface area contributed by atoms with Gasteiger partial charge < -0.3 is 19.9 Å². The molecule has 1 aromatic heterocycles. The zero-order valence-corrected chi connectivity index (χ0v) is 18.0. The van der Waals surface area contributed by atoms with Gasteiger partial charge in [-0.2, -0.15) is 0 Å². The van der Waals surface area contributed by atoms with E-state index in [2.05, 4.69) is 10.3 Å². The monoisotopic (exact) mass is 448 g/mol. The first kappa shape index (κ1) is 21.5. The Morgan fingerprint density at radius 2 is 1.84 bits per heavy atom. The Balaban J connectivity index is 1.70. The lowest BCUT2D eigenvalue weighted by Gasteiger charge is -2.22. The number of aromatic hydroxyl groups is 1. The summed E-state index contributed by atoms with van der Waals surface area (Å²) in [6, 6.07) is 20.8. The van der Waals surface area contributed by atoms with Crippen LogP contribution >= 0.6 is 11.6 Å². The molecule has 0 spiro atoms. The fourth-order valence-corrected chi connectivity index (χ4v) is 3.73. The van der Waals surface area contributed by atoms with E-state index in [-0.39, 0.29) is 18.3 Å². The molecule has 1 amide bonds. The lowest BCUT2D eigenvalue weighted by Crippen LogP contribution is -2.33. The van der Waals surface area contributed by atoms with Crippen LogP contribution in [0.5, 0.6) is 17.2 Å². The summed E-state index contributed by atoms with van der Waals surface area (Å²) in [5.41, 5.74) is 1.49. The fourth-order valence-electron chi connectivity index (χ4n) is 3.46. The van der Waals surface area contributed by atoms with Crippen LogP contribution in [0.3, 0.4) is 0 Å². The molecule has 0 aliphatic carbocycles. The van der Waals surface area contributed by atoms with Crippen molar-refractivity contribution in [3.05, 3.63) is 95.1 Å². The number of phenols is 1. The molecule has 1 unspecified atom stereocenters. The molecule has 0 aliphatic rings. The summed E-state index contributed by atoms with van der Waals surface area (Å²) in [4.78, 5) is 17.1. The van der Waals surface area contributed by atoms with Gasteiger partial charge in [0.25, 0.3) is 5.91 Å². The van der Waals surface area contributed by atoms with Crippen LogP contribution in [0.2, 0.25) is 5.02 Å². The molecule has 2 N–H and O–H groups in total.